The summed E-state index contributed by atoms with van der Waals surface area (Å²) in [5, 5.41) is 3.35. The van der Waals surface area contributed by atoms with Crippen molar-refractivity contribution in [3.05, 3.63) is 28.8 Å². The van der Waals surface area contributed by atoms with Crippen LogP contribution in [0.4, 0.5) is 5.69 Å². The molecule has 0 spiro atoms. The lowest BCUT2D eigenvalue weighted by atomic mass is 9.87. The Kier molecular flexibility index (Phi) is 5.08. The second-order valence-electron chi connectivity index (χ2n) is 5.29. The number of nitrogens with one attached hydrogen (secondary N) is 1. The average molecular weight is 281 g/mol. The van der Waals surface area contributed by atoms with E-state index in [4.69, 9.17) is 17.3 Å². The second kappa shape index (κ2) is 6.80. The lowest BCUT2D eigenvalue weighted by molar-refractivity contribution is 0.0950. The van der Waals surface area contributed by atoms with Crippen LogP contribution in [-0.2, 0) is 0 Å². The molecule has 1 aromatic rings. The molecule has 104 valence electrons. The fourth-order valence-electron chi connectivity index (χ4n) is 2.68. The topological polar surface area (TPSA) is 55.1 Å². The second-order valence-corrected chi connectivity index (χ2v) is 5.70. The number of amides is 1. The largest absolute Gasteiger partial charge is 0.399 e. The highest BCUT2D eigenvalue weighted by molar-refractivity contribution is 6.34. The van der Waals surface area contributed by atoms with E-state index in [9.17, 15) is 4.79 Å². The lowest BCUT2D eigenvalue weighted by Gasteiger charge is -2.21. The van der Waals surface area contributed by atoms with Crippen molar-refractivity contribution in [2.45, 2.75) is 38.5 Å². The zero-order valence-corrected chi connectivity index (χ0v) is 11.9. The summed E-state index contributed by atoms with van der Waals surface area (Å²) in [5.74, 6) is 0.664. The normalized spacial score (nSPS) is 16.3. The molecule has 0 saturated heterocycles. The molecule has 1 amide bonds. The van der Waals surface area contributed by atoms with Gasteiger partial charge in [-0.2, -0.15) is 0 Å². The van der Waals surface area contributed by atoms with Crippen LogP contribution in [0.5, 0.6) is 0 Å². The molecule has 1 saturated carbocycles. The maximum atomic E-state index is 12.0. The fourth-order valence-corrected chi connectivity index (χ4v) is 2.95. The predicted octanol–water partition coefficient (Wildman–Crippen LogP) is 3.62. The van der Waals surface area contributed by atoms with Gasteiger partial charge in [0, 0.05) is 12.2 Å². The first-order valence-electron chi connectivity index (χ1n) is 7.00. The number of nitrogen functional groups attached to an aromatic ring is 1. The van der Waals surface area contributed by atoms with E-state index in [1.807, 2.05) is 0 Å². The number of carbonyl (C=O) groups is 1. The molecule has 1 aliphatic carbocycles. The summed E-state index contributed by atoms with van der Waals surface area (Å²) in [4.78, 5) is 12.0. The molecule has 19 heavy (non-hydrogen) atoms. The van der Waals surface area contributed by atoms with E-state index in [2.05, 4.69) is 5.32 Å². The van der Waals surface area contributed by atoms with Crippen molar-refractivity contribution >= 4 is 23.2 Å². The fraction of sp³-hybridized carbons (Fsp3) is 0.533. The van der Waals surface area contributed by atoms with Gasteiger partial charge < -0.3 is 11.1 Å². The van der Waals surface area contributed by atoms with Gasteiger partial charge in [0.05, 0.1) is 10.6 Å². The van der Waals surface area contributed by atoms with Gasteiger partial charge in [0.25, 0.3) is 5.91 Å². The van der Waals surface area contributed by atoms with Crippen LogP contribution in [0.1, 0.15) is 48.9 Å². The van der Waals surface area contributed by atoms with Crippen LogP contribution in [0.15, 0.2) is 18.2 Å². The number of hydrogen-bond donors (Lipinski definition) is 2. The van der Waals surface area contributed by atoms with Gasteiger partial charge in [-0.1, -0.05) is 43.7 Å². The molecule has 4 heteroatoms. The molecule has 0 unspecified atom stereocenters. The van der Waals surface area contributed by atoms with Crippen molar-refractivity contribution in [2.24, 2.45) is 5.92 Å². The van der Waals surface area contributed by atoms with E-state index < -0.39 is 0 Å². The highest BCUT2D eigenvalue weighted by Gasteiger charge is 2.14. The highest BCUT2D eigenvalue weighted by atomic mass is 35.5. The van der Waals surface area contributed by atoms with Crippen LogP contribution >= 0.6 is 11.6 Å². The molecule has 0 bridgehead atoms. The number of hydrogen-bond acceptors (Lipinski definition) is 2. The Hall–Kier alpha value is -1.22. The van der Waals surface area contributed by atoms with Gasteiger partial charge in [-0.05, 0) is 30.5 Å². The number of carbonyl (C=O) groups excluding carboxylic acids is 1. The predicted molar refractivity (Wildman–Crippen MR) is 79.4 cm³/mol. The molecular formula is C15H21ClN2O. The monoisotopic (exact) mass is 280 g/mol. The molecule has 0 heterocycles. The van der Waals surface area contributed by atoms with Crippen molar-refractivity contribution in [3.8, 4) is 0 Å². The van der Waals surface area contributed by atoms with Crippen LogP contribution in [-0.4, -0.2) is 12.5 Å². The smallest absolute Gasteiger partial charge is 0.252 e. The summed E-state index contributed by atoms with van der Waals surface area (Å²) in [5.41, 5.74) is 6.68. The van der Waals surface area contributed by atoms with E-state index >= 15 is 0 Å². The third-order valence-electron chi connectivity index (χ3n) is 3.80. The van der Waals surface area contributed by atoms with Crippen LogP contribution in [0.3, 0.4) is 0 Å². The van der Waals surface area contributed by atoms with Crippen molar-refractivity contribution in [3.63, 3.8) is 0 Å². The van der Waals surface area contributed by atoms with Crippen molar-refractivity contribution < 1.29 is 4.79 Å². The molecule has 2 rings (SSSR count). The Morgan fingerprint density at radius 2 is 2.05 bits per heavy atom. The average Bonchev–Trinajstić information content (AvgIpc) is 2.39. The lowest BCUT2D eigenvalue weighted by Crippen LogP contribution is -2.26. The highest BCUT2D eigenvalue weighted by Crippen LogP contribution is 2.26. The first-order valence-corrected chi connectivity index (χ1v) is 7.38. The van der Waals surface area contributed by atoms with Gasteiger partial charge in [0.2, 0.25) is 0 Å². The Morgan fingerprint density at radius 3 is 2.74 bits per heavy atom. The zero-order valence-electron chi connectivity index (χ0n) is 11.1. The molecule has 0 aliphatic heterocycles. The van der Waals surface area contributed by atoms with E-state index in [0.717, 1.165) is 18.9 Å². The van der Waals surface area contributed by atoms with Crippen molar-refractivity contribution in [2.75, 3.05) is 12.3 Å². The SMILES string of the molecule is Nc1ccc(C(=O)NCCC2CCCCC2)c(Cl)c1. The number of benzene rings is 1. The minimum Gasteiger partial charge on any atom is -0.399 e. The third kappa shape index (κ3) is 4.13. The summed E-state index contributed by atoms with van der Waals surface area (Å²) in [7, 11) is 0. The summed E-state index contributed by atoms with van der Waals surface area (Å²) in [6, 6.07) is 4.98. The Morgan fingerprint density at radius 1 is 1.32 bits per heavy atom. The first kappa shape index (κ1) is 14.2. The molecule has 0 aromatic heterocycles. The summed E-state index contributed by atoms with van der Waals surface area (Å²) in [6.45, 7) is 0.726. The minimum atomic E-state index is -0.110. The van der Waals surface area contributed by atoms with Crippen molar-refractivity contribution in [1.29, 1.82) is 0 Å². The quantitative estimate of drug-likeness (QED) is 0.828. The molecule has 1 aromatic carbocycles. The van der Waals surface area contributed by atoms with Gasteiger partial charge in [0.15, 0.2) is 0 Å². The summed E-state index contributed by atoms with van der Waals surface area (Å²) < 4.78 is 0. The molecule has 3 N–H and O–H groups in total. The Labute approximate surface area is 119 Å². The summed E-state index contributed by atoms with van der Waals surface area (Å²) >= 11 is 6.01. The molecule has 1 aliphatic rings. The number of anilines is 1. The van der Waals surface area contributed by atoms with Gasteiger partial charge in [-0.25, -0.2) is 0 Å². The molecule has 1 fully saturated rings. The van der Waals surface area contributed by atoms with Crippen LogP contribution < -0.4 is 11.1 Å². The third-order valence-corrected chi connectivity index (χ3v) is 4.11. The van der Waals surface area contributed by atoms with E-state index in [1.165, 1.54) is 32.1 Å². The number of halogens is 1. The zero-order chi connectivity index (χ0) is 13.7. The van der Waals surface area contributed by atoms with Gasteiger partial charge >= 0.3 is 0 Å². The van der Waals surface area contributed by atoms with E-state index in [0.29, 0.717) is 16.3 Å². The van der Waals surface area contributed by atoms with Gasteiger partial charge in [-0.15, -0.1) is 0 Å². The van der Waals surface area contributed by atoms with Gasteiger partial charge in [0.1, 0.15) is 0 Å². The number of rotatable bonds is 4. The standard InChI is InChI=1S/C15H21ClN2O/c16-14-10-12(17)6-7-13(14)15(19)18-9-8-11-4-2-1-3-5-11/h6-7,10-11H,1-5,8-9,17H2,(H,18,19). The van der Waals surface area contributed by atoms with Gasteiger partial charge in [-0.3, -0.25) is 4.79 Å². The molecule has 0 atom stereocenters. The first-order chi connectivity index (χ1) is 9.16. The Bertz CT molecular complexity index is 442. The maximum Gasteiger partial charge on any atom is 0.252 e. The van der Waals surface area contributed by atoms with Crippen LogP contribution in [0.25, 0.3) is 0 Å². The minimum absolute atomic E-state index is 0.110. The Balaban J connectivity index is 1.80. The van der Waals surface area contributed by atoms with Crippen molar-refractivity contribution in [1.82, 2.24) is 5.32 Å². The maximum absolute atomic E-state index is 12.0. The van der Waals surface area contributed by atoms with Crippen LogP contribution in [0, 0.1) is 5.92 Å². The molecule has 3 nitrogen and oxygen atoms in total. The molecular weight excluding hydrogens is 260 g/mol. The molecule has 0 radical (unpaired) electrons. The van der Waals surface area contributed by atoms with Crippen LogP contribution in [0.2, 0.25) is 5.02 Å². The van der Waals surface area contributed by atoms with E-state index in [-0.39, 0.29) is 5.91 Å². The summed E-state index contributed by atoms with van der Waals surface area (Å²) in [6.07, 6.45) is 7.71. The van der Waals surface area contributed by atoms with E-state index in [1.54, 1.807) is 18.2 Å². The number of nitrogens with two attached hydrogens (primary N) is 1.